The van der Waals surface area contributed by atoms with Crippen LogP contribution in [0.3, 0.4) is 0 Å². The summed E-state index contributed by atoms with van der Waals surface area (Å²) in [5.41, 5.74) is 0. The minimum absolute atomic E-state index is 0.130. The molecule has 1 unspecified atom stereocenters. The molecule has 0 aliphatic carbocycles. The maximum atomic E-state index is 11.1. The van der Waals surface area contributed by atoms with Gasteiger partial charge in [0.15, 0.2) is 0 Å². The zero-order valence-corrected chi connectivity index (χ0v) is 9.63. The fourth-order valence-corrected chi connectivity index (χ4v) is 2.18. The van der Waals surface area contributed by atoms with Crippen molar-refractivity contribution in [2.24, 2.45) is 5.92 Å². The summed E-state index contributed by atoms with van der Waals surface area (Å²) >= 11 is 4.32. The lowest BCUT2D eigenvalue weighted by atomic mass is 10.0. The summed E-state index contributed by atoms with van der Waals surface area (Å²) in [6, 6.07) is 0. The Kier molecular flexibility index (Phi) is 5.33. The van der Waals surface area contributed by atoms with Gasteiger partial charge >= 0.3 is 5.97 Å². The minimum Gasteiger partial charge on any atom is -0.468 e. The van der Waals surface area contributed by atoms with Gasteiger partial charge in [0, 0.05) is 0 Å². The van der Waals surface area contributed by atoms with E-state index in [1.54, 1.807) is 0 Å². The van der Waals surface area contributed by atoms with Crippen molar-refractivity contribution in [1.29, 1.82) is 0 Å². The summed E-state index contributed by atoms with van der Waals surface area (Å²) < 4.78 is 4.65. The molecular weight excluding hydrogens is 198 g/mol. The van der Waals surface area contributed by atoms with E-state index in [-0.39, 0.29) is 5.97 Å². The van der Waals surface area contributed by atoms with Crippen molar-refractivity contribution in [2.45, 2.75) is 19.3 Å². The van der Waals surface area contributed by atoms with Gasteiger partial charge in [0.1, 0.15) is 0 Å². The highest BCUT2D eigenvalue weighted by molar-refractivity contribution is 7.80. The molecule has 1 heterocycles. The first-order chi connectivity index (χ1) is 6.76. The predicted octanol–water partition coefficient (Wildman–Crippen LogP) is 1.19. The molecular formula is C10H19NO2S. The van der Waals surface area contributed by atoms with E-state index in [9.17, 15) is 4.79 Å². The lowest BCUT2D eigenvalue weighted by Gasteiger charge is -2.18. The monoisotopic (exact) mass is 217 g/mol. The van der Waals surface area contributed by atoms with Crippen LogP contribution in [-0.2, 0) is 9.53 Å². The van der Waals surface area contributed by atoms with Crippen LogP contribution in [0.1, 0.15) is 19.3 Å². The van der Waals surface area contributed by atoms with Crippen LogP contribution in [0.15, 0.2) is 0 Å². The number of esters is 1. The van der Waals surface area contributed by atoms with Crippen LogP contribution < -0.4 is 0 Å². The third kappa shape index (κ3) is 3.88. The smallest absolute Gasteiger partial charge is 0.319 e. The number of methoxy groups -OCH3 is 1. The van der Waals surface area contributed by atoms with Crippen molar-refractivity contribution in [3.05, 3.63) is 0 Å². The molecule has 0 aromatic heterocycles. The van der Waals surface area contributed by atoms with Crippen molar-refractivity contribution in [3.63, 3.8) is 0 Å². The summed E-state index contributed by atoms with van der Waals surface area (Å²) in [6.07, 6.45) is 3.56. The molecule has 0 amide bonds. The Bertz CT molecular complexity index is 187. The van der Waals surface area contributed by atoms with Gasteiger partial charge in [-0.2, -0.15) is 12.6 Å². The molecule has 4 heteroatoms. The molecule has 1 saturated heterocycles. The number of likely N-dealkylation sites (tertiary alicyclic amines) is 1. The van der Waals surface area contributed by atoms with E-state index >= 15 is 0 Å². The number of carbonyl (C=O) groups excluding carboxylic acids is 1. The quantitative estimate of drug-likeness (QED) is 0.569. The number of ether oxygens (including phenoxy) is 1. The Morgan fingerprint density at radius 3 is 2.93 bits per heavy atom. The zero-order valence-electron chi connectivity index (χ0n) is 8.74. The van der Waals surface area contributed by atoms with E-state index in [1.165, 1.54) is 20.0 Å². The van der Waals surface area contributed by atoms with Crippen LogP contribution in [0.5, 0.6) is 0 Å². The molecule has 1 atom stereocenters. The van der Waals surface area contributed by atoms with Crippen molar-refractivity contribution in [2.75, 3.05) is 32.5 Å². The minimum atomic E-state index is -0.130. The molecule has 0 bridgehead atoms. The van der Waals surface area contributed by atoms with Gasteiger partial charge < -0.3 is 4.74 Å². The maximum absolute atomic E-state index is 11.1. The van der Waals surface area contributed by atoms with E-state index in [2.05, 4.69) is 22.3 Å². The number of thiol groups is 1. The Hall–Kier alpha value is -0.220. The molecule has 0 spiro atoms. The summed E-state index contributed by atoms with van der Waals surface area (Å²) in [7, 11) is 1.44. The van der Waals surface area contributed by atoms with Gasteiger partial charge in [-0.15, -0.1) is 0 Å². The Balaban J connectivity index is 2.30. The van der Waals surface area contributed by atoms with Gasteiger partial charge in [-0.05, 0) is 44.0 Å². The van der Waals surface area contributed by atoms with E-state index in [0.717, 1.165) is 31.2 Å². The van der Waals surface area contributed by atoms with E-state index in [1.807, 2.05) is 0 Å². The SMILES string of the molecule is COC(=O)CN1CCCC(CS)CC1. The molecule has 0 N–H and O–H groups in total. The molecule has 0 saturated carbocycles. The van der Waals surface area contributed by atoms with Gasteiger partial charge in [-0.3, -0.25) is 9.69 Å². The molecule has 1 rings (SSSR count). The number of carbonyl (C=O) groups is 1. The molecule has 0 aromatic rings. The largest absolute Gasteiger partial charge is 0.468 e. The summed E-state index contributed by atoms with van der Waals surface area (Å²) in [5.74, 6) is 1.56. The highest BCUT2D eigenvalue weighted by atomic mass is 32.1. The van der Waals surface area contributed by atoms with Gasteiger partial charge in [-0.1, -0.05) is 0 Å². The third-order valence-corrected chi connectivity index (χ3v) is 3.30. The van der Waals surface area contributed by atoms with Crippen molar-refractivity contribution >= 4 is 18.6 Å². The lowest BCUT2D eigenvalue weighted by Crippen LogP contribution is -2.31. The molecule has 1 fully saturated rings. The first-order valence-corrected chi connectivity index (χ1v) is 5.79. The van der Waals surface area contributed by atoms with Gasteiger partial charge in [0.05, 0.1) is 13.7 Å². The second kappa shape index (κ2) is 6.30. The standard InChI is InChI=1S/C10H19NO2S/c1-13-10(12)7-11-5-2-3-9(8-14)4-6-11/h9,14H,2-8H2,1H3. The van der Waals surface area contributed by atoms with Crippen LogP contribution in [0.25, 0.3) is 0 Å². The maximum Gasteiger partial charge on any atom is 0.319 e. The molecule has 0 aromatic carbocycles. The molecule has 3 nitrogen and oxygen atoms in total. The average Bonchev–Trinajstić information content (AvgIpc) is 2.43. The number of hydrogen-bond donors (Lipinski definition) is 1. The normalized spacial score (nSPS) is 24.3. The number of rotatable bonds is 3. The second-order valence-corrected chi connectivity index (χ2v) is 4.20. The molecule has 1 aliphatic rings. The first-order valence-electron chi connectivity index (χ1n) is 5.16. The van der Waals surface area contributed by atoms with Crippen LogP contribution in [0, 0.1) is 5.92 Å². The van der Waals surface area contributed by atoms with Gasteiger partial charge in [0.2, 0.25) is 0 Å². The number of hydrogen-bond acceptors (Lipinski definition) is 4. The number of nitrogens with zero attached hydrogens (tertiary/aromatic N) is 1. The van der Waals surface area contributed by atoms with E-state index < -0.39 is 0 Å². The van der Waals surface area contributed by atoms with Gasteiger partial charge in [-0.25, -0.2) is 0 Å². The molecule has 0 radical (unpaired) electrons. The van der Waals surface area contributed by atoms with Crippen molar-refractivity contribution in [3.8, 4) is 0 Å². The Labute approximate surface area is 91.2 Å². The highest BCUT2D eigenvalue weighted by Gasteiger charge is 2.17. The second-order valence-electron chi connectivity index (χ2n) is 3.83. The van der Waals surface area contributed by atoms with Crippen LogP contribution >= 0.6 is 12.6 Å². The highest BCUT2D eigenvalue weighted by Crippen LogP contribution is 2.18. The fourth-order valence-electron chi connectivity index (χ4n) is 1.81. The Morgan fingerprint density at radius 1 is 1.50 bits per heavy atom. The first kappa shape index (κ1) is 11.9. The van der Waals surface area contributed by atoms with E-state index in [0.29, 0.717) is 6.54 Å². The third-order valence-electron chi connectivity index (χ3n) is 2.78. The summed E-state index contributed by atoms with van der Waals surface area (Å²) in [6.45, 7) is 2.45. The van der Waals surface area contributed by atoms with Crippen LogP contribution in [-0.4, -0.2) is 43.4 Å². The van der Waals surface area contributed by atoms with Crippen molar-refractivity contribution < 1.29 is 9.53 Å². The zero-order chi connectivity index (χ0) is 10.4. The fraction of sp³-hybridized carbons (Fsp3) is 0.900. The molecule has 82 valence electrons. The molecule has 14 heavy (non-hydrogen) atoms. The summed E-state index contributed by atoms with van der Waals surface area (Å²) in [5, 5.41) is 0. The van der Waals surface area contributed by atoms with Crippen LogP contribution in [0.4, 0.5) is 0 Å². The van der Waals surface area contributed by atoms with E-state index in [4.69, 9.17) is 0 Å². The predicted molar refractivity (Wildman–Crippen MR) is 59.7 cm³/mol. The topological polar surface area (TPSA) is 29.5 Å². The Morgan fingerprint density at radius 2 is 2.29 bits per heavy atom. The lowest BCUT2D eigenvalue weighted by molar-refractivity contribution is -0.141. The van der Waals surface area contributed by atoms with Crippen LogP contribution in [0.2, 0.25) is 0 Å². The average molecular weight is 217 g/mol. The van der Waals surface area contributed by atoms with Gasteiger partial charge in [0.25, 0.3) is 0 Å². The van der Waals surface area contributed by atoms with Crippen molar-refractivity contribution in [1.82, 2.24) is 4.90 Å². The summed E-state index contributed by atoms with van der Waals surface area (Å²) in [4.78, 5) is 13.2. The molecule has 1 aliphatic heterocycles.